The summed E-state index contributed by atoms with van der Waals surface area (Å²) < 4.78 is 16.3. The Hall–Kier alpha value is -2.89. The summed E-state index contributed by atoms with van der Waals surface area (Å²) >= 11 is 0. The molecule has 6 heteroatoms. The Morgan fingerprint density at radius 2 is 2.05 bits per heavy atom. The Bertz CT molecular complexity index is 874. The van der Waals surface area contributed by atoms with Crippen molar-refractivity contribution < 1.29 is 13.3 Å². The van der Waals surface area contributed by atoms with E-state index in [0.717, 1.165) is 22.1 Å². The topological polar surface area (TPSA) is 78.1 Å². The highest BCUT2D eigenvalue weighted by molar-refractivity contribution is 5.94. The van der Waals surface area contributed by atoms with Gasteiger partial charge in [0.15, 0.2) is 12.2 Å². The summed E-state index contributed by atoms with van der Waals surface area (Å²) in [5.41, 5.74) is 2.44. The van der Waals surface area contributed by atoms with Gasteiger partial charge in [0.1, 0.15) is 11.8 Å². The standard InChI is InChI=1S/C14H9N3O3/c1-8-16-17-14(20-8)9-2-3-12-10(4-9)11(6-18-12)13-5-15-7-19-13/h2-7H,1H3. The second-order valence-corrected chi connectivity index (χ2v) is 4.35. The van der Waals surface area contributed by atoms with E-state index in [2.05, 4.69) is 15.2 Å². The van der Waals surface area contributed by atoms with Gasteiger partial charge in [-0.15, -0.1) is 10.2 Å². The van der Waals surface area contributed by atoms with Crippen molar-refractivity contribution in [3.63, 3.8) is 0 Å². The monoisotopic (exact) mass is 267 g/mol. The van der Waals surface area contributed by atoms with Crippen molar-refractivity contribution in [1.82, 2.24) is 15.2 Å². The number of rotatable bonds is 2. The van der Waals surface area contributed by atoms with Crippen molar-refractivity contribution in [3.05, 3.63) is 42.9 Å². The number of aryl methyl sites for hydroxylation is 1. The molecule has 6 nitrogen and oxygen atoms in total. The van der Waals surface area contributed by atoms with Crippen LogP contribution in [-0.2, 0) is 0 Å². The van der Waals surface area contributed by atoms with E-state index < -0.39 is 0 Å². The van der Waals surface area contributed by atoms with Crippen LogP contribution in [-0.4, -0.2) is 15.2 Å². The van der Waals surface area contributed by atoms with Crippen LogP contribution in [0.3, 0.4) is 0 Å². The van der Waals surface area contributed by atoms with Crippen LogP contribution in [0.2, 0.25) is 0 Å². The molecule has 0 saturated carbocycles. The molecular weight excluding hydrogens is 258 g/mol. The zero-order chi connectivity index (χ0) is 13.5. The van der Waals surface area contributed by atoms with Gasteiger partial charge in [-0.2, -0.15) is 0 Å². The zero-order valence-corrected chi connectivity index (χ0v) is 10.5. The van der Waals surface area contributed by atoms with E-state index in [1.54, 1.807) is 19.4 Å². The molecule has 0 fully saturated rings. The number of aromatic nitrogens is 3. The van der Waals surface area contributed by atoms with E-state index in [1.807, 2.05) is 18.2 Å². The number of nitrogens with zero attached hydrogens (tertiary/aromatic N) is 3. The predicted molar refractivity (Wildman–Crippen MR) is 69.7 cm³/mol. The average Bonchev–Trinajstić information content (AvgIpc) is 3.17. The first kappa shape index (κ1) is 11.0. The van der Waals surface area contributed by atoms with Crippen molar-refractivity contribution in [2.75, 3.05) is 0 Å². The Labute approximate surface area is 113 Å². The second kappa shape index (κ2) is 4.06. The molecule has 0 aliphatic carbocycles. The zero-order valence-electron chi connectivity index (χ0n) is 10.5. The Balaban J connectivity index is 1.92. The first-order valence-corrected chi connectivity index (χ1v) is 6.02. The van der Waals surface area contributed by atoms with Crippen molar-refractivity contribution in [1.29, 1.82) is 0 Å². The summed E-state index contributed by atoms with van der Waals surface area (Å²) in [4.78, 5) is 3.92. The SMILES string of the molecule is Cc1nnc(-c2ccc3occ(-c4cnco4)c3c2)o1. The van der Waals surface area contributed by atoms with E-state index in [9.17, 15) is 0 Å². The minimum atomic E-state index is 0.481. The fourth-order valence-electron chi connectivity index (χ4n) is 2.11. The largest absolute Gasteiger partial charge is 0.464 e. The molecule has 4 rings (SSSR count). The Morgan fingerprint density at radius 1 is 1.10 bits per heavy atom. The minimum absolute atomic E-state index is 0.481. The second-order valence-electron chi connectivity index (χ2n) is 4.35. The van der Waals surface area contributed by atoms with Crippen LogP contribution in [0.4, 0.5) is 0 Å². The summed E-state index contributed by atoms with van der Waals surface area (Å²) in [5, 5.41) is 8.76. The predicted octanol–water partition coefficient (Wildman–Crippen LogP) is 3.45. The van der Waals surface area contributed by atoms with Crippen LogP contribution < -0.4 is 0 Å². The summed E-state index contributed by atoms with van der Waals surface area (Å²) in [6.07, 6.45) is 4.68. The molecule has 20 heavy (non-hydrogen) atoms. The van der Waals surface area contributed by atoms with E-state index in [1.165, 1.54) is 6.39 Å². The maximum atomic E-state index is 5.51. The van der Waals surface area contributed by atoms with Crippen molar-refractivity contribution in [2.45, 2.75) is 6.92 Å². The third kappa shape index (κ3) is 1.62. The highest BCUT2D eigenvalue weighted by atomic mass is 16.4. The van der Waals surface area contributed by atoms with Gasteiger partial charge in [0.2, 0.25) is 11.8 Å². The summed E-state index contributed by atoms with van der Waals surface area (Å²) in [6.45, 7) is 1.76. The molecule has 0 spiro atoms. The molecule has 0 aliphatic rings. The quantitative estimate of drug-likeness (QED) is 0.553. The lowest BCUT2D eigenvalue weighted by atomic mass is 10.1. The van der Waals surface area contributed by atoms with E-state index in [-0.39, 0.29) is 0 Å². The van der Waals surface area contributed by atoms with Gasteiger partial charge in [-0.25, -0.2) is 4.98 Å². The van der Waals surface area contributed by atoms with Crippen LogP contribution in [0.1, 0.15) is 5.89 Å². The van der Waals surface area contributed by atoms with Gasteiger partial charge in [-0.05, 0) is 18.2 Å². The lowest BCUT2D eigenvalue weighted by molar-refractivity contribution is 0.533. The van der Waals surface area contributed by atoms with Gasteiger partial charge >= 0.3 is 0 Å². The molecule has 0 amide bonds. The number of hydrogen-bond donors (Lipinski definition) is 0. The fourth-order valence-corrected chi connectivity index (χ4v) is 2.11. The van der Waals surface area contributed by atoms with Crippen LogP contribution >= 0.6 is 0 Å². The molecular formula is C14H9N3O3. The molecule has 98 valence electrons. The fraction of sp³-hybridized carbons (Fsp3) is 0.0714. The number of oxazole rings is 1. The van der Waals surface area contributed by atoms with Gasteiger partial charge in [-0.3, -0.25) is 0 Å². The van der Waals surface area contributed by atoms with Gasteiger partial charge in [-0.1, -0.05) is 0 Å². The number of fused-ring (bicyclic) bond motifs is 1. The maximum absolute atomic E-state index is 5.51. The molecule has 0 N–H and O–H groups in total. The molecule has 0 atom stereocenters. The van der Waals surface area contributed by atoms with Gasteiger partial charge in [0.05, 0.1) is 11.8 Å². The van der Waals surface area contributed by atoms with Gasteiger partial charge in [0, 0.05) is 17.9 Å². The molecule has 0 saturated heterocycles. The smallest absolute Gasteiger partial charge is 0.247 e. The summed E-state index contributed by atoms with van der Waals surface area (Å²) in [6, 6.07) is 5.68. The van der Waals surface area contributed by atoms with E-state index in [0.29, 0.717) is 17.5 Å². The lowest BCUT2D eigenvalue weighted by Gasteiger charge is -1.96. The maximum Gasteiger partial charge on any atom is 0.247 e. The molecule has 0 bridgehead atoms. The lowest BCUT2D eigenvalue weighted by Crippen LogP contribution is -1.78. The normalized spacial score (nSPS) is 11.2. The Morgan fingerprint density at radius 3 is 2.80 bits per heavy atom. The number of benzene rings is 1. The third-order valence-electron chi connectivity index (χ3n) is 3.04. The third-order valence-corrected chi connectivity index (χ3v) is 3.04. The first-order valence-electron chi connectivity index (χ1n) is 6.02. The first-order chi connectivity index (χ1) is 9.81. The molecule has 1 aromatic carbocycles. The minimum Gasteiger partial charge on any atom is -0.464 e. The van der Waals surface area contributed by atoms with Crippen LogP contribution in [0.15, 0.2) is 50.3 Å². The van der Waals surface area contributed by atoms with Gasteiger partial charge in [0.25, 0.3) is 0 Å². The van der Waals surface area contributed by atoms with Crippen LogP contribution in [0.25, 0.3) is 33.7 Å². The van der Waals surface area contributed by atoms with Crippen LogP contribution in [0.5, 0.6) is 0 Å². The van der Waals surface area contributed by atoms with Crippen molar-refractivity contribution >= 4 is 11.0 Å². The van der Waals surface area contributed by atoms with E-state index >= 15 is 0 Å². The van der Waals surface area contributed by atoms with E-state index in [4.69, 9.17) is 13.3 Å². The average molecular weight is 267 g/mol. The Kier molecular flexibility index (Phi) is 2.23. The molecule has 3 heterocycles. The number of furan rings is 1. The summed E-state index contributed by atoms with van der Waals surface area (Å²) in [7, 11) is 0. The highest BCUT2D eigenvalue weighted by Gasteiger charge is 2.14. The summed E-state index contributed by atoms with van der Waals surface area (Å²) in [5.74, 6) is 1.67. The van der Waals surface area contributed by atoms with Gasteiger partial charge < -0.3 is 13.3 Å². The molecule has 3 aromatic heterocycles. The van der Waals surface area contributed by atoms with Crippen LogP contribution in [0, 0.1) is 6.92 Å². The molecule has 0 aliphatic heterocycles. The van der Waals surface area contributed by atoms with Crippen molar-refractivity contribution in [2.24, 2.45) is 0 Å². The highest BCUT2D eigenvalue weighted by Crippen LogP contribution is 2.33. The molecule has 4 aromatic rings. The van der Waals surface area contributed by atoms with Crippen molar-refractivity contribution in [3.8, 4) is 22.8 Å². The molecule has 0 unspecified atom stereocenters. The molecule has 0 radical (unpaired) electrons. The number of hydrogen-bond acceptors (Lipinski definition) is 6.